The number of hydrogen-bond acceptors (Lipinski definition) is 5. The molecule has 1 atom stereocenters. The Morgan fingerprint density at radius 3 is 2.65 bits per heavy atom. The number of carboxylic acids is 1. The van der Waals surface area contributed by atoms with Crippen LogP contribution in [0.25, 0.3) is 0 Å². The largest absolute Gasteiger partial charge is 0.497 e. The molecule has 1 aromatic heterocycles. The van der Waals surface area contributed by atoms with Gasteiger partial charge in [0.2, 0.25) is 5.91 Å². The molecule has 1 aromatic carbocycles. The van der Waals surface area contributed by atoms with Gasteiger partial charge in [0.1, 0.15) is 5.75 Å². The first-order chi connectivity index (χ1) is 12.6. The summed E-state index contributed by atoms with van der Waals surface area (Å²) in [4.78, 5) is 24.4. The van der Waals surface area contributed by atoms with Gasteiger partial charge in [0.05, 0.1) is 23.7 Å². The van der Waals surface area contributed by atoms with Gasteiger partial charge in [0, 0.05) is 19.3 Å². The summed E-state index contributed by atoms with van der Waals surface area (Å²) in [6.07, 6.45) is 1.09. The zero-order chi connectivity index (χ0) is 18.5. The van der Waals surface area contributed by atoms with Crippen molar-refractivity contribution in [3.63, 3.8) is 0 Å². The maximum Gasteiger partial charge on any atom is 0.303 e. The molecule has 3 rings (SSSR count). The minimum atomic E-state index is -0.895. The van der Waals surface area contributed by atoms with Gasteiger partial charge in [-0.15, -0.1) is 11.3 Å². The highest BCUT2D eigenvalue weighted by atomic mass is 32.1. The molecule has 136 valence electrons. The fourth-order valence-electron chi connectivity index (χ4n) is 2.92. The fraction of sp³-hybridized carbons (Fsp3) is 0.316. The van der Waals surface area contributed by atoms with E-state index in [0.29, 0.717) is 12.8 Å². The molecule has 1 aliphatic rings. The lowest BCUT2D eigenvalue weighted by atomic mass is 10.0. The number of thiophene rings is 1. The van der Waals surface area contributed by atoms with Crippen molar-refractivity contribution in [2.24, 2.45) is 5.10 Å². The molecule has 2 heterocycles. The molecule has 0 saturated carbocycles. The molecule has 0 spiro atoms. The van der Waals surface area contributed by atoms with Gasteiger partial charge in [0.25, 0.3) is 0 Å². The highest BCUT2D eigenvalue weighted by Gasteiger charge is 2.33. The van der Waals surface area contributed by atoms with Gasteiger partial charge in [-0.1, -0.05) is 18.2 Å². The molecular formula is C19H20N2O4S. The van der Waals surface area contributed by atoms with Crippen LogP contribution in [0.1, 0.15) is 42.2 Å². The Balaban J connectivity index is 1.81. The molecule has 1 N–H and O–H groups in total. The highest BCUT2D eigenvalue weighted by Crippen LogP contribution is 2.35. The smallest absolute Gasteiger partial charge is 0.303 e. The fourth-order valence-corrected chi connectivity index (χ4v) is 3.64. The van der Waals surface area contributed by atoms with Crippen molar-refractivity contribution >= 4 is 28.9 Å². The third-order valence-corrected chi connectivity index (χ3v) is 5.17. The van der Waals surface area contributed by atoms with E-state index < -0.39 is 5.97 Å². The summed E-state index contributed by atoms with van der Waals surface area (Å²) < 4.78 is 5.20. The summed E-state index contributed by atoms with van der Waals surface area (Å²) in [5.74, 6) is -0.294. The van der Waals surface area contributed by atoms with Crippen LogP contribution in [0.4, 0.5) is 0 Å². The van der Waals surface area contributed by atoms with Crippen LogP contribution in [-0.4, -0.2) is 34.8 Å². The number of carbonyl (C=O) groups is 2. The molecule has 1 amide bonds. The van der Waals surface area contributed by atoms with Gasteiger partial charge >= 0.3 is 5.97 Å². The molecule has 0 radical (unpaired) electrons. The molecule has 6 nitrogen and oxygen atoms in total. The summed E-state index contributed by atoms with van der Waals surface area (Å²) in [7, 11) is 1.61. The van der Waals surface area contributed by atoms with E-state index >= 15 is 0 Å². The van der Waals surface area contributed by atoms with E-state index in [1.54, 1.807) is 18.4 Å². The van der Waals surface area contributed by atoms with Crippen molar-refractivity contribution in [1.82, 2.24) is 5.01 Å². The highest BCUT2D eigenvalue weighted by molar-refractivity contribution is 7.12. The molecule has 7 heteroatoms. The lowest BCUT2D eigenvalue weighted by molar-refractivity contribution is -0.137. The van der Waals surface area contributed by atoms with Crippen LogP contribution in [-0.2, 0) is 9.59 Å². The van der Waals surface area contributed by atoms with Crippen LogP contribution in [0, 0.1) is 0 Å². The van der Waals surface area contributed by atoms with Crippen LogP contribution < -0.4 is 4.74 Å². The summed E-state index contributed by atoms with van der Waals surface area (Å²) in [6, 6.07) is 11.4. The maximum absolute atomic E-state index is 12.7. The number of ether oxygens (including phenoxy) is 1. The molecule has 0 fully saturated rings. The van der Waals surface area contributed by atoms with Crippen molar-refractivity contribution < 1.29 is 19.4 Å². The third-order valence-electron chi connectivity index (χ3n) is 4.25. The van der Waals surface area contributed by atoms with Crippen molar-refractivity contribution in [2.75, 3.05) is 7.11 Å². The van der Waals surface area contributed by atoms with E-state index in [1.165, 1.54) is 5.01 Å². The predicted octanol–water partition coefficient (Wildman–Crippen LogP) is 3.69. The maximum atomic E-state index is 12.7. The Hall–Kier alpha value is -2.67. The van der Waals surface area contributed by atoms with Gasteiger partial charge in [-0.2, -0.15) is 5.10 Å². The lowest BCUT2D eigenvalue weighted by Gasteiger charge is -2.22. The number of benzene rings is 1. The molecule has 2 aromatic rings. The number of aliphatic carboxylic acids is 1. The normalized spacial score (nSPS) is 16.4. The number of rotatable bonds is 7. The minimum Gasteiger partial charge on any atom is -0.497 e. The standard InChI is InChI=1S/C19H20N2O4S/c1-25-14-9-7-13(8-10-14)16-12-15(17-4-3-11-26-17)20-21(16)18(22)5-2-6-19(23)24/h3-4,7-11,16H,2,5-6,12H2,1H3,(H,23,24)/t16-/m0/s1. The summed E-state index contributed by atoms with van der Waals surface area (Å²) in [6.45, 7) is 0. The Morgan fingerprint density at radius 2 is 2.04 bits per heavy atom. The number of methoxy groups -OCH3 is 1. The first-order valence-electron chi connectivity index (χ1n) is 8.37. The van der Waals surface area contributed by atoms with E-state index in [1.807, 2.05) is 41.8 Å². The average molecular weight is 372 g/mol. The molecule has 0 aliphatic carbocycles. The second-order valence-corrected chi connectivity index (χ2v) is 6.95. The molecular weight excluding hydrogens is 352 g/mol. The van der Waals surface area contributed by atoms with Crippen molar-refractivity contribution in [1.29, 1.82) is 0 Å². The number of carbonyl (C=O) groups excluding carboxylic acids is 1. The van der Waals surface area contributed by atoms with Crippen molar-refractivity contribution in [3.8, 4) is 5.75 Å². The Bertz CT molecular complexity index is 799. The Labute approximate surface area is 155 Å². The molecule has 0 bridgehead atoms. The van der Waals surface area contributed by atoms with Gasteiger partial charge in [-0.3, -0.25) is 9.59 Å². The number of amides is 1. The van der Waals surface area contributed by atoms with E-state index in [0.717, 1.165) is 21.9 Å². The van der Waals surface area contributed by atoms with Crippen LogP contribution >= 0.6 is 11.3 Å². The SMILES string of the molecule is COc1ccc([C@@H]2CC(c3cccs3)=NN2C(=O)CCCC(=O)O)cc1. The number of hydrogen-bond donors (Lipinski definition) is 1. The molecule has 26 heavy (non-hydrogen) atoms. The van der Waals surface area contributed by atoms with Crippen molar-refractivity contribution in [3.05, 3.63) is 52.2 Å². The van der Waals surface area contributed by atoms with E-state index in [4.69, 9.17) is 9.84 Å². The zero-order valence-electron chi connectivity index (χ0n) is 14.4. The molecule has 1 aliphatic heterocycles. The number of hydrazone groups is 1. The summed E-state index contributed by atoms with van der Waals surface area (Å²) in [5.41, 5.74) is 1.86. The monoisotopic (exact) mass is 372 g/mol. The third kappa shape index (κ3) is 4.11. The van der Waals surface area contributed by atoms with Gasteiger partial charge in [-0.25, -0.2) is 5.01 Å². The van der Waals surface area contributed by atoms with E-state index in [2.05, 4.69) is 5.10 Å². The number of carboxylic acid groups (broad SMARTS) is 1. The Kier molecular flexibility index (Phi) is 5.68. The zero-order valence-corrected chi connectivity index (χ0v) is 15.2. The summed E-state index contributed by atoms with van der Waals surface area (Å²) >= 11 is 1.59. The van der Waals surface area contributed by atoms with Crippen molar-refractivity contribution in [2.45, 2.75) is 31.7 Å². The molecule has 0 unspecified atom stereocenters. The quantitative estimate of drug-likeness (QED) is 0.804. The number of nitrogens with zero attached hydrogens (tertiary/aromatic N) is 2. The van der Waals surface area contributed by atoms with E-state index in [9.17, 15) is 9.59 Å². The van der Waals surface area contributed by atoms with Gasteiger partial charge in [-0.05, 0) is 35.6 Å². The topological polar surface area (TPSA) is 79.2 Å². The molecule has 0 saturated heterocycles. The first kappa shape index (κ1) is 18.1. The van der Waals surface area contributed by atoms with Crippen LogP contribution in [0.5, 0.6) is 5.75 Å². The second-order valence-electron chi connectivity index (χ2n) is 6.00. The minimum absolute atomic E-state index is 0.0196. The van der Waals surface area contributed by atoms with Crippen LogP contribution in [0.15, 0.2) is 46.9 Å². The van der Waals surface area contributed by atoms with Gasteiger partial charge < -0.3 is 9.84 Å². The van der Waals surface area contributed by atoms with Crippen LogP contribution in [0.2, 0.25) is 0 Å². The van der Waals surface area contributed by atoms with Gasteiger partial charge in [0.15, 0.2) is 0 Å². The Morgan fingerprint density at radius 1 is 1.27 bits per heavy atom. The van der Waals surface area contributed by atoms with Crippen LogP contribution in [0.3, 0.4) is 0 Å². The average Bonchev–Trinajstić information content (AvgIpc) is 3.31. The predicted molar refractivity (Wildman–Crippen MR) is 99.5 cm³/mol. The first-order valence-corrected chi connectivity index (χ1v) is 9.25. The summed E-state index contributed by atoms with van der Waals surface area (Å²) in [5, 5.41) is 16.8. The second kappa shape index (κ2) is 8.14. The lowest BCUT2D eigenvalue weighted by Crippen LogP contribution is -2.27. The van der Waals surface area contributed by atoms with E-state index in [-0.39, 0.29) is 24.8 Å².